The first-order valence-corrected chi connectivity index (χ1v) is 5.45. The molecule has 2 nitrogen and oxygen atoms in total. The lowest BCUT2D eigenvalue weighted by Crippen LogP contribution is -1.95. The molecule has 0 aromatic heterocycles. The Morgan fingerprint density at radius 3 is 2.21 bits per heavy atom. The molecule has 0 spiro atoms. The standard InChI is InChI=1S/C10H8Br2O2/c1-6(10(13)14)2-7-3-8(11)5-9(12)4-7/h2-5H,1H3,(H,13,14)/b6-2+. The van der Waals surface area contributed by atoms with Crippen molar-refractivity contribution in [2.24, 2.45) is 0 Å². The molecule has 0 unspecified atom stereocenters. The van der Waals surface area contributed by atoms with Crippen molar-refractivity contribution >= 4 is 43.9 Å². The average Bonchev–Trinajstić information content (AvgIpc) is 2.01. The highest BCUT2D eigenvalue weighted by molar-refractivity contribution is 9.11. The maximum Gasteiger partial charge on any atom is 0.331 e. The van der Waals surface area contributed by atoms with Gasteiger partial charge >= 0.3 is 5.97 Å². The predicted molar refractivity (Wildman–Crippen MR) is 63.1 cm³/mol. The first-order chi connectivity index (χ1) is 6.49. The molecule has 0 fully saturated rings. The number of hydrogen-bond donors (Lipinski definition) is 1. The summed E-state index contributed by atoms with van der Waals surface area (Å²) < 4.78 is 1.83. The summed E-state index contributed by atoms with van der Waals surface area (Å²) in [6.07, 6.45) is 1.62. The highest BCUT2D eigenvalue weighted by atomic mass is 79.9. The number of benzene rings is 1. The van der Waals surface area contributed by atoms with E-state index in [0.717, 1.165) is 14.5 Å². The van der Waals surface area contributed by atoms with Crippen molar-refractivity contribution < 1.29 is 9.90 Å². The molecule has 74 valence electrons. The van der Waals surface area contributed by atoms with E-state index in [1.807, 2.05) is 18.2 Å². The number of halogens is 2. The fourth-order valence-electron chi connectivity index (χ4n) is 0.970. The lowest BCUT2D eigenvalue weighted by Gasteiger charge is -1.98. The molecule has 1 N–H and O–H groups in total. The second-order valence-electron chi connectivity index (χ2n) is 2.84. The molecule has 0 heterocycles. The summed E-state index contributed by atoms with van der Waals surface area (Å²) in [5, 5.41) is 8.69. The van der Waals surface area contributed by atoms with E-state index in [-0.39, 0.29) is 0 Å². The minimum Gasteiger partial charge on any atom is -0.478 e. The van der Waals surface area contributed by atoms with Crippen LogP contribution in [0.15, 0.2) is 32.7 Å². The molecule has 1 aromatic rings. The monoisotopic (exact) mass is 318 g/mol. The third-order valence-electron chi connectivity index (χ3n) is 1.61. The summed E-state index contributed by atoms with van der Waals surface area (Å²) in [6.45, 7) is 1.57. The number of hydrogen-bond acceptors (Lipinski definition) is 1. The van der Waals surface area contributed by atoms with Gasteiger partial charge in [0.2, 0.25) is 0 Å². The molecule has 0 aliphatic carbocycles. The Morgan fingerprint density at radius 2 is 1.79 bits per heavy atom. The van der Waals surface area contributed by atoms with Crippen LogP contribution in [0.1, 0.15) is 12.5 Å². The Kier molecular flexibility index (Phi) is 3.89. The summed E-state index contributed by atoms with van der Waals surface area (Å²) in [5.74, 6) is -0.902. The predicted octanol–water partition coefficient (Wildman–Crippen LogP) is 3.70. The lowest BCUT2D eigenvalue weighted by atomic mass is 10.1. The number of carboxylic acid groups (broad SMARTS) is 1. The molecule has 0 amide bonds. The van der Waals surface area contributed by atoms with Crippen molar-refractivity contribution in [1.82, 2.24) is 0 Å². The molecule has 4 heteroatoms. The van der Waals surface area contributed by atoms with E-state index >= 15 is 0 Å². The van der Waals surface area contributed by atoms with Gasteiger partial charge in [0.1, 0.15) is 0 Å². The van der Waals surface area contributed by atoms with Crippen LogP contribution in [0.5, 0.6) is 0 Å². The van der Waals surface area contributed by atoms with Gasteiger partial charge in [0, 0.05) is 14.5 Å². The zero-order chi connectivity index (χ0) is 10.7. The molecule has 0 saturated carbocycles. The van der Waals surface area contributed by atoms with Crippen molar-refractivity contribution in [3.05, 3.63) is 38.3 Å². The third-order valence-corrected chi connectivity index (χ3v) is 2.52. The third kappa shape index (κ3) is 3.27. The largest absolute Gasteiger partial charge is 0.478 e. The molecule has 0 atom stereocenters. The highest BCUT2D eigenvalue weighted by Gasteiger charge is 2.01. The first-order valence-electron chi connectivity index (χ1n) is 3.87. The van der Waals surface area contributed by atoms with Gasteiger partial charge in [0.15, 0.2) is 0 Å². The second-order valence-corrected chi connectivity index (χ2v) is 4.67. The Morgan fingerprint density at radius 1 is 1.29 bits per heavy atom. The first kappa shape index (κ1) is 11.5. The lowest BCUT2D eigenvalue weighted by molar-refractivity contribution is -0.132. The van der Waals surface area contributed by atoms with E-state index in [4.69, 9.17) is 5.11 Å². The number of rotatable bonds is 2. The van der Waals surface area contributed by atoms with Gasteiger partial charge in [0.05, 0.1) is 0 Å². The van der Waals surface area contributed by atoms with Gasteiger partial charge in [-0.2, -0.15) is 0 Å². The fourth-order valence-corrected chi connectivity index (χ4v) is 2.30. The number of carbonyl (C=O) groups is 1. The highest BCUT2D eigenvalue weighted by Crippen LogP contribution is 2.21. The van der Waals surface area contributed by atoms with Crippen LogP contribution < -0.4 is 0 Å². The van der Waals surface area contributed by atoms with Crippen LogP contribution in [0.2, 0.25) is 0 Å². The van der Waals surface area contributed by atoms with Crippen molar-refractivity contribution in [1.29, 1.82) is 0 Å². The summed E-state index contributed by atoms with van der Waals surface area (Å²) in [5.41, 5.74) is 1.17. The van der Waals surface area contributed by atoms with Crippen LogP contribution in [-0.2, 0) is 4.79 Å². The molecule has 0 aliphatic rings. The van der Waals surface area contributed by atoms with Crippen LogP contribution in [0.3, 0.4) is 0 Å². The topological polar surface area (TPSA) is 37.3 Å². The minimum absolute atomic E-state index is 0.315. The average molecular weight is 320 g/mol. The van der Waals surface area contributed by atoms with Gasteiger partial charge in [-0.15, -0.1) is 0 Å². The van der Waals surface area contributed by atoms with Crippen LogP contribution in [0.25, 0.3) is 6.08 Å². The SMILES string of the molecule is C/C(=C\c1cc(Br)cc(Br)c1)C(=O)O. The molecule has 0 saturated heterocycles. The normalized spacial score (nSPS) is 11.5. The van der Waals surface area contributed by atoms with Crippen molar-refractivity contribution in [3.63, 3.8) is 0 Å². The van der Waals surface area contributed by atoms with Crippen molar-refractivity contribution in [3.8, 4) is 0 Å². The summed E-state index contributed by atoms with van der Waals surface area (Å²) in [4.78, 5) is 10.6. The van der Waals surface area contributed by atoms with Crippen LogP contribution >= 0.6 is 31.9 Å². The van der Waals surface area contributed by atoms with E-state index in [9.17, 15) is 4.79 Å². The van der Waals surface area contributed by atoms with E-state index in [1.165, 1.54) is 0 Å². The minimum atomic E-state index is -0.902. The van der Waals surface area contributed by atoms with E-state index < -0.39 is 5.97 Å². The number of carboxylic acids is 1. The van der Waals surface area contributed by atoms with E-state index in [0.29, 0.717) is 5.57 Å². The van der Waals surface area contributed by atoms with Gasteiger partial charge in [-0.05, 0) is 36.8 Å². The zero-order valence-electron chi connectivity index (χ0n) is 7.42. The summed E-state index contributed by atoms with van der Waals surface area (Å²) >= 11 is 6.67. The van der Waals surface area contributed by atoms with Gasteiger partial charge < -0.3 is 5.11 Å². The molecule has 1 rings (SSSR count). The number of aliphatic carboxylic acids is 1. The maximum absolute atomic E-state index is 10.6. The molecule has 0 bridgehead atoms. The van der Waals surface area contributed by atoms with Crippen molar-refractivity contribution in [2.45, 2.75) is 6.92 Å². The Bertz CT molecular complexity index is 377. The van der Waals surface area contributed by atoms with Crippen LogP contribution in [-0.4, -0.2) is 11.1 Å². The molecular weight excluding hydrogens is 312 g/mol. The smallest absolute Gasteiger partial charge is 0.331 e. The Labute approximate surface area is 98.9 Å². The summed E-state index contributed by atoms with van der Waals surface area (Å²) in [6, 6.07) is 5.61. The van der Waals surface area contributed by atoms with Crippen molar-refractivity contribution in [2.75, 3.05) is 0 Å². The quantitative estimate of drug-likeness (QED) is 0.844. The molecule has 1 aromatic carbocycles. The Balaban J connectivity index is 3.08. The van der Waals surface area contributed by atoms with Gasteiger partial charge in [0.25, 0.3) is 0 Å². The van der Waals surface area contributed by atoms with Gasteiger partial charge in [-0.25, -0.2) is 4.79 Å². The molecule has 0 aliphatic heterocycles. The van der Waals surface area contributed by atoms with E-state index in [2.05, 4.69) is 31.9 Å². The molecule has 14 heavy (non-hydrogen) atoms. The van der Waals surface area contributed by atoms with Crippen LogP contribution in [0, 0.1) is 0 Å². The van der Waals surface area contributed by atoms with Crippen LogP contribution in [0.4, 0.5) is 0 Å². The maximum atomic E-state index is 10.6. The second kappa shape index (κ2) is 4.75. The fraction of sp³-hybridized carbons (Fsp3) is 0.100. The van der Waals surface area contributed by atoms with Gasteiger partial charge in [-0.1, -0.05) is 31.9 Å². The molecule has 0 radical (unpaired) electrons. The summed E-state index contributed by atoms with van der Waals surface area (Å²) in [7, 11) is 0. The molecular formula is C10H8Br2O2. The van der Waals surface area contributed by atoms with E-state index in [1.54, 1.807) is 13.0 Å². The Hall–Kier alpha value is -0.610. The zero-order valence-corrected chi connectivity index (χ0v) is 10.6. The van der Waals surface area contributed by atoms with Gasteiger partial charge in [-0.3, -0.25) is 0 Å².